The van der Waals surface area contributed by atoms with Crippen LogP contribution in [-0.4, -0.2) is 9.97 Å². The third-order valence-corrected chi connectivity index (χ3v) is 4.01. The summed E-state index contributed by atoms with van der Waals surface area (Å²) in [4.78, 5) is 8.64. The lowest BCUT2D eigenvalue weighted by Crippen LogP contribution is -2.09. The third kappa shape index (κ3) is 2.50. The van der Waals surface area contributed by atoms with E-state index in [9.17, 15) is 0 Å². The van der Waals surface area contributed by atoms with Crippen LogP contribution in [0.5, 0.6) is 11.6 Å². The summed E-state index contributed by atoms with van der Waals surface area (Å²) in [5, 5.41) is 0. The molecule has 1 aliphatic carbocycles. The van der Waals surface area contributed by atoms with E-state index in [2.05, 4.69) is 25.9 Å². The summed E-state index contributed by atoms with van der Waals surface area (Å²) >= 11 is 3.43. The van der Waals surface area contributed by atoms with Gasteiger partial charge in [-0.3, -0.25) is 0 Å². The van der Waals surface area contributed by atoms with E-state index in [0.717, 1.165) is 40.6 Å². The van der Waals surface area contributed by atoms with Crippen molar-refractivity contribution < 1.29 is 4.74 Å². The number of halogens is 1. The number of aryl methyl sites for hydroxylation is 2. The quantitative estimate of drug-likeness (QED) is 0.849. The second kappa shape index (κ2) is 5.40. The number of anilines is 1. The number of hydrogen-bond acceptors (Lipinski definition) is 4. The highest BCUT2D eigenvalue weighted by molar-refractivity contribution is 9.10. The van der Waals surface area contributed by atoms with Crippen molar-refractivity contribution in [3.8, 4) is 11.6 Å². The number of nitrogens with two attached hydrogens (primary N) is 1. The van der Waals surface area contributed by atoms with Crippen LogP contribution in [0.15, 0.2) is 22.9 Å². The Hall–Kier alpha value is -1.62. The van der Waals surface area contributed by atoms with Gasteiger partial charge in [-0.05, 0) is 50.3 Å². The highest BCUT2D eigenvalue weighted by atomic mass is 79.9. The fourth-order valence-corrected chi connectivity index (χ4v) is 3.16. The second-order valence-corrected chi connectivity index (χ2v) is 5.97. The first kappa shape index (κ1) is 13.4. The Labute approximate surface area is 126 Å². The molecule has 104 valence electrons. The van der Waals surface area contributed by atoms with Crippen molar-refractivity contribution in [2.45, 2.75) is 32.6 Å². The van der Waals surface area contributed by atoms with Crippen LogP contribution in [-0.2, 0) is 12.8 Å². The Balaban J connectivity index is 2.00. The number of ether oxygens (including phenoxy) is 1. The van der Waals surface area contributed by atoms with E-state index < -0.39 is 0 Å². The molecule has 0 fully saturated rings. The fraction of sp³-hybridized carbons (Fsp3) is 0.333. The average molecular weight is 334 g/mol. The van der Waals surface area contributed by atoms with E-state index in [-0.39, 0.29) is 0 Å². The van der Waals surface area contributed by atoms with Crippen LogP contribution in [0.2, 0.25) is 0 Å². The molecule has 0 bridgehead atoms. The third-order valence-electron chi connectivity index (χ3n) is 3.55. The lowest BCUT2D eigenvalue weighted by atomic mass is 9.97. The van der Waals surface area contributed by atoms with Crippen molar-refractivity contribution in [3.05, 3.63) is 39.8 Å². The Morgan fingerprint density at radius 2 is 2.00 bits per heavy atom. The van der Waals surface area contributed by atoms with Gasteiger partial charge in [0.15, 0.2) is 5.75 Å². The monoisotopic (exact) mass is 333 g/mol. The molecule has 20 heavy (non-hydrogen) atoms. The summed E-state index contributed by atoms with van der Waals surface area (Å²) in [6, 6.07) is 3.83. The molecule has 0 amide bonds. The van der Waals surface area contributed by atoms with Crippen LogP contribution in [0.25, 0.3) is 0 Å². The number of hydrogen-bond donors (Lipinski definition) is 1. The lowest BCUT2D eigenvalue weighted by Gasteiger charge is -2.18. The van der Waals surface area contributed by atoms with Gasteiger partial charge < -0.3 is 10.5 Å². The molecule has 0 saturated carbocycles. The zero-order valence-electron chi connectivity index (χ0n) is 11.3. The summed E-state index contributed by atoms with van der Waals surface area (Å²) in [5.41, 5.74) is 9.88. The van der Waals surface area contributed by atoms with Crippen molar-refractivity contribution in [2.75, 3.05) is 5.73 Å². The maximum atomic E-state index is 6.05. The van der Waals surface area contributed by atoms with Gasteiger partial charge in [-0.1, -0.05) is 15.9 Å². The van der Waals surface area contributed by atoms with Gasteiger partial charge in [-0.15, -0.1) is 0 Å². The summed E-state index contributed by atoms with van der Waals surface area (Å²) in [7, 11) is 0. The standard InChI is InChI=1S/C15H16BrN3O/c1-9-6-10(16)7-12(17)14(9)20-15-11-4-2-3-5-13(11)18-8-19-15/h6-8H,2-5,17H2,1H3. The molecular weight excluding hydrogens is 318 g/mol. The Morgan fingerprint density at radius 1 is 1.20 bits per heavy atom. The van der Waals surface area contributed by atoms with Crippen molar-refractivity contribution in [2.24, 2.45) is 0 Å². The highest BCUT2D eigenvalue weighted by Crippen LogP contribution is 2.36. The number of nitrogens with zero attached hydrogens (tertiary/aromatic N) is 2. The van der Waals surface area contributed by atoms with Crippen molar-refractivity contribution >= 4 is 21.6 Å². The van der Waals surface area contributed by atoms with E-state index in [1.54, 1.807) is 6.33 Å². The molecule has 3 rings (SSSR count). The molecule has 1 aliphatic rings. The van der Waals surface area contributed by atoms with Gasteiger partial charge in [-0.25, -0.2) is 9.97 Å². The SMILES string of the molecule is Cc1cc(Br)cc(N)c1Oc1ncnc2c1CCCC2. The number of aromatic nitrogens is 2. The van der Waals surface area contributed by atoms with E-state index in [1.807, 2.05) is 19.1 Å². The Morgan fingerprint density at radius 3 is 2.80 bits per heavy atom. The minimum atomic E-state index is 0.611. The van der Waals surface area contributed by atoms with E-state index in [0.29, 0.717) is 17.3 Å². The molecule has 0 aliphatic heterocycles. The van der Waals surface area contributed by atoms with Gasteiger partial charge in [0.1, 0.15) is 6.33 Å². The van der Waals surface area contributed by atoms with Gasteiger partial charge in [0, 0.05) is 10.0 Å². The molecule has 5 heteroatoms. The zero-order chi connectivity index (χ0) is 14.1. The zero-order valence-corrected chi connectivity index (χ0v) is 12.9. The Kier molecular flexibility index (Phi) is 3.61. The predicted octanol–water partition coefficient (Wildman–Crippen LogP) is 3.80. The first-order valence-electron chi connectivity index (χ1n) is 6.71. The smallest absolute Gasteiger partial charge is 0.225 e. The molecule has 1 heterocycles. The maximum absolute atomic E-state index is 6.05. The number of benzene rings is 1. The van der Waals surface area contributed by atoms with Crippen LogP contribution in [0.4, 0.5) is 5.69 Å². The summed E-state index contributed by atoms with van der Waals surface area (Å²) in [5.74, 6) is 1.33. The number of nitrogen functional groups attached to an aromatic ring is 1. The summed E-state index contributed by atoms with van der Waals surface area (Å²) < 4.78 is 6.95. The van der Waals surface area contributed by atoms with Gasteiger partial charge >= 0.3 is 0 Å². The molecule has 0 unspecified atom stereocenters. The van der Waals surface area contributed by atoms with Crippen LogP contribution >= 0.6 is 15.9 Å². The normalized spacial score (nSPS) is 13.9. The molecule has 0 spiro atoms. The molecular formula is C15H16BrN3O. The van der Waals surface area contributed by atoms with Crippen LogP contribution in [0, 0.1) is 6.92 Å². The van der Waals surface area contributed by atoms with Gasteiger partial charge in [-0.2, -0.15) is 0 Å². The average Bonchev–Trinajstić information content (AvgIpc) is 2.43. The molecule has 1 aromatic carbocycles. The first-order chi connectivity index (χ1) is 9.65. The maximum Gasteiger partial charge on any atom is 0.225 e. The van der Waals surface area contributed by atoms with E-state index >= 15 is 0 Å². The van der Waals surface area contributed by atoms with Crippen LogP contribution < -0.4 is 10.5 Å². The van der Waals surface area contributed by atoms with Gasteiger partial charge in [0.25, 0.3) is 0 Å². The number of fused-ring (bicyclic) bond motifs is 1. The largest absolute Gasteiger partial charge is 0.436 e. The molecule has 0 radical (unpaired) electrons. The van der Waals surface area contributed by atoms with E-state index in [4.69, 9.17) is 10.5 Å². The molecule has 1 aromatic heterocycles. The fourth-order valence-electron chi connectivity index (χ4n) is 2.57. The van der Waals surface area contributed by atoms with Crippen molar-refractivity contribution in [1.82, 2.24) is 9.97 Å². The van der Waals surface area contributed by atoms with Crippen LogP contribution in [0.3, 0.4) is 0 Å². The highest BCUT2D eigenvalue weighted by Gasteiger charge is 2.18. The van der Waals surface area contributed by atoms with Crippen LogP contribution in [0.1, 0.15) is 29.7 Å². The lowest BCUT2D eigenvalue weighted by molar-refractivity contribution is 0.446. The molecule has 2 aromatic rings. The molecule has 0 saturated heterocycles. The van der Waals surface area contributed by atoms with Gasteiger partial charge in [0.05, 0.1) is 11.4 Å². The summed E-state index contributed by atoms with van der Waals surface area (Å²) in [6.45, 7) is 1.98. The second-order valence-electron chi connectivity index (χ2n) is 5.05. The first-order valence-corrected chi connectivity index (χ1v) is 7.50. The number of rotatable bonds is 2. The Bertz CT molecular complexity index is 635. The molecule has 4 nitrogen and oxygen atoms in total. The van der Waals surface area contributed by atoms with Crippen molar-refractivity contribution in [1.29, 1.82) is 0 Å². The van der Waals surface area contributed by atoms with Gasteiger partial charge in [0.2, 0.25) is 5.88 Å². The summed E-state index contributed by atoms with van der Waals surface area (Å²) in [6.07, 6.45) is 5.89. The molecule has 2 N–H and O–H groups in total. The minimum Gasteiger partial charge on any atom is -0.436 e. The van der Waals surface area contributed by atoms with Crippen molar-refractivity contribution in [3.63, 3.8) is 0 Å². The topological polar surface area (TPSA) is 61.0 Å². The predicted molar refractivity (Wildman–Crippen MR) is 82.0 cm³/mol. The van der Waals surface area contributed by atoms with E-state index in [1.165, 1.54) is 6.42 Å². The molecule has 0 atom stereocenters. The minimum absolute atomic E-state index is 0.611.